The van der Waals surface area contributed by atoms with Gasteiger partial charge in [-0.25, -0.2) is 4.98 Å². The quantitative estimate of drug-likeness (QED) is 0.719. The molecule has 1 fully saturated rings. The van der Waals surface area contributed by atoms with Crippen LogP contribution < -0.4 is 5.32 Å². The summed E-state index contributed by atoms with van der Waals surface area (Å²) in [6.07, 6.45) is 5.69. The predicted molar refractivity (Wildman–Crippen MR) is 94.0 cm³/mol. The minimum atomic E-state index is -0.295. The Morgan fingerprint density at radius 2 is 2.29 bits per heavy atom. The molecule has 0 saturated heterocycles. The molecule has 3 aromatic rings. The monoisotopic (exact) mass is 404 g/mol. The molecule has 0 aliphatic heterocycles. The predicted octanol–water partition coefficient (Wildman–Crippen LogP) is 3.45. The first-order valence-corrected chi connectivity index (χ1v) is 9.08. The van der Waals surface area contributed by atoms with E-state index in [2.05, 4.69) is 41.4 Å². The maximum absolute atomic E-state index is 12.3. The third kappa shape index (κ3) is 2.96. The molecule has 0 unspecified atom stereocenters. The Morgan fingerprint density at radius 3 is 3.04 bits per heavy atom. The average molecular weight is 405 g/mol. The van der Waals surface area contributed by atoms with Gasteiger partial charge in [-0.2, -0.15) is 0 Å². The van der Waals surface area contributed by atoms with Crippen molar-refractivity contribution >= 4 is 39.0 Å². The summed E-state index contributed by atoms with van der Waals surface area (Å²) in [6, 6.07) is 2.17. The van der Waals surface area contributed by atoms with Gasteiger partial charge in [0.15, 0.2) is 10.8 Å². The third-order valence-corrected chi connectivity index (χ3v) is 5.41. The average Bonchev–Trinajstić information content (AvgIpc) is 3.11. The number of pyridine rings is 1. The van der Waals surface area contributed by atoms with Gasteiger partial charge in [0.1, 0.15) is 17.8 Å². The van der Waals surface area contributed by atoms with Gasteiger partial charge in [0.2, 0.25) is 0 Å². The molecule has 3 heterocycles. The van der Waals surface area contributed by atoms with Crippen LogP contribution in [-0.4, -0.2) is 30.6 Å². The summed E-state index contributed by atoms with van der Waals surface area (Å²) < 4.78 is 2.89. The van der Waals surface area contributed by atoms with Gasteiger partial charge in [-0.1, -0.05) is 15.9 Å². The molecule has 0 atom stereocenters. The molecule has 1 aliphatic rings. The lowest BCUT2D eigenvalue weighted by Gasteiger charge is -2.03. The molecule has 9 heteroatoms. The minimum Gasteiger partial charge on any atom is -0.308 e. The van der Waals surface area contributed by atoms with E-state index in [-0.39, 0.29) is 5.91 Å². The number of anilines is 1. The van der Waals surface area contributed by atoms with Gasteiger partial charge in [0.25, 0.3) is 5.91 Å². The van der Waals surface area contributed by atoms with Crippen molar-refractivity contribution in [2.24, 2.45) is 0 Å². The Morgan fingerprint density at radius 1 is 1.46 bits per heavy atom. The second-order valence-corrected chi connectivity index (χ2v) is 7.32. The molecule has 1 saturated carbocycles. The van der Waals surface area contributed by atoms with E-state index in [9.17, 15) is 4.79 Å². The van der Waals surface area contributed by atoms with E-state index in [0.717, 1.165) is 33.7 Å². The van der Waals surface area contributed by atoms with Crippen molar-refractivity contribution in [1.82, 2.24) is 24.7 Å². The minimum absolute atomic E-state index is 0.295. The van der Waals surface area contributed by atoms with Crippen LogP contribution >= 0.6 is 27.3 Å². The maximum atomic E-state index is 12.3. The fourth-order valence-corrected chi connectivity index (χ4v) is 3.31. The molecule has 4 rings (SSSR count). The number of aryl methyl sites for hydroxylation is 1. The van der Waals surface area contributed by atoms with E-state index in [1.807, 2.05) is 11.5 Å². The molecule has 24 heavy (non-hydrogen) atoms. The zero-order valence-electron chi connectivity index (χ0n) is 12.7. The molecule has 122 valence electrons. The molecule has 1 amide bonds. The van der Waals surface area contributed by atoms with Crippen LogP contribution in [-0.2, 0) is 0 Å². The first-order chi connectivity index (χ1) is 11.6. The summed E-state index contributed by atoms with van der Waals surface area (Å²) in [5, 5.41) is 13.4. The normalized spacial score (nSPS) is 13.9. The lowest BCUT2D eigenvalue weighted by atomic mass is 10.2. The van der Waals surface area contributed by atoms with Crippen LogP contribution in [0.5, 0.6) is 0 Å². The number of nitrogens with zero attached hydrogens (tertiary/aromatic N) is 5. The molecule has 0 aromatic carbocycles. The highest BCUT2D eigenvalue weighted by Crippen LogP contribution is 2.38. The van der Waals surface area contributed by atoms with E-state index in [1.165, 1.54) is 11.3 Å². The van der Waals surface area contributed by atoms with E-state index < -0.39 is 0 Å². The van der Waals surface area contributed by atoms with Crippen LogP contribution in [0.15, 0.2) is 28.4 Å². The van der Waals surface area contributed by atoms with E-state index >= 15 is 0 Å². The highest BCUT2D eigenvalue weighted by atomic mass is 79.9. The van der Waals surface area contributed by atoms with Crippen molar-refractivity contribution in [2.45, 2.75) is 25.8 Å². The summed E-state index contributed by atoms with van der Waals surface area (Å²) in [6.45, 7) is 1.92. The van der Waals surface area contributed by atoms with Gasteiger partial charge >= 0.3 is 0 Å². The second-order valence-electron chi connectivity index (χ2n) is 5.60. The summed E-state index contributed by atoms with van der Waals surface area (Å²) in [4.78, 5) is 20.9. The van der Waals surface area contributed by atoms with Gasteiger partial charge in [-0.15, -0.1) is 21.5 Å². The van der Waals surface area contributed by atoms with Crippen molar-refractivity contribution in [1.29, 1.82) is 0 Å². The van der Waals surface area contributed by atoms with Crippen LogP contribution in [0.3, 0.4) is 0 Å². The van der Waals surface area contributed by atoms with Crippen molar-refractivity contribution in [2.75, 3.05) is 5.32 Å². The molecule has 1 aliphatic carbocycles. The number of thiazole rings is 1. The molecule has 1 N–H and O–H groups in total. The van der Waals surface area contributed by atoms with Crippen molar-refractivity contribution < 1.29 is 4.79 Å². The fraction of sp³-hybridized carbons (Fsp3) is 0.267. The highest BCUT2D eigenvalue weighted by Gasteiger charge is 2.27. The smallest absolute Gasteiger partial charge is 0.275 e. The molecule has 0 radical (unpaired) electrons. The Bertz CT molecular complexity index is 916. The first kappa shape index (κ1) is 15.4. The third-order valence-electron chi connectivity index (χ3n) is 3.72. The summed E-state index contributed by atoms with van der Waals surface area (Å²) in [5.74, 6) is 0.944. The fourth-order valence-electron chi connectivity index (χ4n) is 2.25. The number of hydrogen-bond donors (Lipinski definition) is 1. The Balaban J connectivity index is 1.53. The number of aromatic nitrogens is 5. The highest BCUT2D eigenvalue weighted by molar-refractivity contribution is 9.10. The molecule has 3 aromatic heterocycles. The lowest BCUT2D eigenvalue weighted by molar-refractivity contribution is 0.102. The Labute approximate surface area is 150 Å². The molecule has 7 nitrogen and oxygen atoms in total. The largest absolute Gasteiger partial charge is 0.308 e. The SMILES string of the molecule is Cc1cnc(C(=O)Nc2csc(-c3nncn3C3CC3)n2)cc1Br. The van der Waals surface area contributed by atoms with Gasteiger partial charge < -0.3 is 9.88 Å². The van der Waals surface area contributed by atoms with Crippen molar-refractivity contribution in [3.8, 4) is 10.8 Å². The molecule has 0 bridgehead atoms. The molecular formula is C15H13BrN6OS. The van der Waals surface area contributed by atoms with Crippen LogP contribution in [0.4, 0.5) is 5.82 Å². The van der Waals surface area contributed by atoms with Gasteiger partial charge in [0, 0.05) is 22.1 Å². The van der Waals surface area contributed by atoms with Gasteiger partial charge in [0.05, 0.1) is 0 Å². The number of amides is 1. The first-order valence-electron chi connectivity index (χ1n) is 7.40. The number of hydrogen-bond acceptors (Lipinski definition) is 6. The number of halogens is 1. The standard InChI is InChI=1S/C15H13BrN6OS/c1-8-5-17-11(4-10(8)16)14(23)19-12-6-24-15(20-12)13-21-18-7-22(13)9-2-3-9/h4-7,9H,2-3H2,1H3,(H,19,23). The zero-order valence-corrected chi connectivity index (χ0v) is 15.1. The van der Waals surface area contributed by atoms with Crippen LogP contribution in [0.25, 0.3) is 10.8 Å². The summed E-state index contributed by atoms with van der Waals surface area (Å²) >= 11 is 4.84. The van der Waals surface area contributed by atoms with Crippen LogP contribution in [0.2, 0.25) is 0 Å². The zero-order chi connectivity index (χ0) is 16.7. The van der Waals surface area contributed by atoms with E-state index in [4.69, 9.17) is 0 Å². The van der Waals surface area contributed by atoms with E-state index in [0.29, 0.717) is 17.6 Å². The number of carbonyl (C=O) groups excluding carboxylic acids is 1. The lowest BCUT2D eigenvalue weighted by Crippen LogP contribution is -2.14. The van der Waals surface area contributed by atoms with Gasteiger partial charge in [-0.05, 0) is 31.4 Å². The summed E-state index contributed by atoms with van der Waals surface area (Å²) in [5.41, 5.74) is 1.31. The Kier molecular flexibility index (Phi) is 3.89. The Hall–Kier alpha value is -2.13. The van der Waals surface area contributed by atoms with Crippen molar-refractivity contribution in [3.05, 3.63) is 39.7 Å². The van der Waals surface area contributed by atoms with Crippen molar-refractivity contribution in [3.63, 3.8) is 0 Å². The topological polar surface area (TPSA) is 85.6 Å². The molecular weight excluding hydrogens is 392 g/mol. The van der Waals surface area contributed by atoms with Crippen LogP contribution in [0, 0.1) is 6.92 Å². The van der Waals surface area contributed by atoms with Gasteiger partial charge in [-0.3, -0.25) is 9.78 Å². The van der Waals surface area contributed by atoms with Crippen LogP contribution in [0.1, 0.15) is 34.9 Å². The van der Waals surface area contributed by atoms with E-state index in [1.54, 1.807) is 24.0 Å². The molecule has 0 spiro atoms. The maximum Gasteiger partial charge on any atom is 0.275 e. The number of carbonyl (C=O) groups is 1. The summed E-state index contributed by atoms with van der Waals surface area (Å²) in [7, 11) is 0. The number of nitrogens with one attached hydrogen (secondary N) is 1. The number of rotatable bonds is 4. The second kappa shape index (κ2) is 6.06.